The second-order valence-corrected chi connectivity index (χ2v) is 11.8. The lowest BCUT2D eigenvalue weighted by atomic mass is 9.78. The van der Waals surface area contributed by atoms with Gasteiger partial charge in [0, 0.05) is 49.6 Å². The van der Waals surface area contributed by atoms with Gasteiger partial charge >= 0.3 is 0 Å². The molecule has 2 aromatic rings. The van der Waals surface area contributed by atoms with Crippen LogP contribution in [0.1, 0.15) is 36.0 Å². The molecule has 218 valence electrons. The lowest BCUT2D eigenvalue weighted by Gasteiger charge is -2.55. The van der Waals surface area contributed by atoms with Crippen LogP contribution >= 0.6 is 11.6 Å². The molecule has 2 saturated heterocycles. The Morgan fingerprint density at radius 3 is 2.44 bits per heavy atom. The summed E-state index contributed by atoms with van der Waals surface area (Å²) in [6.07, 6.45) is 0.621. The summed E-state index contributed by atoms with van der Waals surface area (Å²) in [5.74, 6) is -1.18. The quantitative estimate of drug-likeness (QED) is 0.415. The van der Waals surface area contributed by atoms with Crippen LogP contribution in [0.15, 0.2) is 42.5 Å². The van der Waals surface area contributed by atoms with Crippen molar-refractivity contribution in [1.29, 1.82) is 0 Å². The number of anilines is 1. The number of nitrogens with one attached hydrogen (secondary N) is 2. The molecule has 1 spiro atoms. The Kier molecular flexibility index (Phi) is 8.63. The third-order valence-corrected chi connectivity index (χ3v) is 8.58. The van der Waals surface area contributed by atoms with Crippen molar-refractivity contribution in [3.8, 4) is 0 Å². The van der Waals surface area contributed by atoms with Crippen molar-refractivity contribution in [2.45, 2.75) is 51.2 Å². The molecule has 4 amide bonds. The molecule has 0 saturated carbocycles. The predicted octanol–water partition coefficient (Wildman–Crippen LogP) is 2.01. The number of amides is 4. The highest BCUT2D eigenvalue weighted by Crippen LogP contribution is 2.38. The maximum Gasteiger partial charge on any atom is 0.246 e. The molecular weight excluding hydrogens is 546 g/mol. The highest BCUT2D eigenvalue weighted by Gasteiger charge is 2.50. The third-order valence-electron chi connectivity index (χ3n) is 8.16. The number of carbonyl (C=O) groups is 4. The van der Waals surface area contributed by atoms with Gasteiger partial charge in [-0.2, -0.15) is 0 Å². The topological polar surface area (TPSA) is 134 Å². The number of likely N-dealkylation sites (tertiary alicyclic amines) is 1. The molecule has 2 fully saturated rings. The minimum Gasteiger partial charge on any atom is -0.380 e. The first-order valence-corrected chi connectivity index (χ1v) is 14.3. The molecule has 0 bridgehead atoms. The van der Waals surface area contributed by atoms with Gasteiger partial charge in [-0.1, -0.05) is 35.9 Å². The summed E-state index contributed by atoms with van der Waals surface area (Å²) in [7, 11) is 0. The monoisotopic (exact) mass is 581 g/mol. The van der Waals surface area contributed by atoms with E-state index in [9.17, 15) is 19.2 Å². The smallest absolute Gasteiger partial charge is 0.246 e. The number of rotatable bonds is 9. The standard InChI is InChI=1S/C30H36ClN5O5/c1-19-12-22(6-7-23(19)31)33-28(39)24(10-11-32)34-29(40)25-13-20-4-2-3-5-21(20)14-36(25)27(38)9-8-26(37)35-15-30(16-35)17-41-18-30/h2-7,12,24-25H,8-11,13-18,32H2,1H3,(H,33,39)(H,34,40)/t24-,25-/m0/s1. The second-order valence-electron chi connectivity index (χ2n) is 11.3. The molecule has 2 atom stereocenters. The molecule has 3 aliphatic heterocycles. The minimum absolute atomic E-state index is 0.00735. The number of nitrogens with two attached hydrogens (primary N) is 1. The third kappa shape index (κ3) is 6.39. The maximum atomic E-state index is 13.6. The molecule has 0 aliphatic carbocycles. The lowest BCUT2D eigenvalue weighted by Crippen LogP contribution is -2.67. The van der Waals surface area contributed by atoms with Crippen LogP contribution in [0.2, 0.25) is 5.02 Å². The first kappa shape index (κ1) is 29.0. The molecule has 0 radical (unpaired) electrons. The summed E-state index contributed by atoms with van der Waals surface area (Å²) in [6, 6.07) is 11.1. The maximum absolute atomic E-state index is 13.6. The number of aryl methyl sites for hydroxylation is 1. The Labute approximate surface area is 244 Å². The van der Waals surface area contributed by atoms with Crippen LogP contribution < -0.4 is 16.4 Å². The van der Waals surface area contributed by atoms with E-state index in [0.717, 1.165) is 16.7 Å². The summed E-state index contributed by atoms with van der Waals surface area (Å²) in [5, 5.41) is 6.24. The van der Waals surface area contributed by atoms with Gasteiger partial charge in [-0.15, -0.1) is 0 Å². The van der Waals surface area contributed by atoms with Crippen LogP contribution in [0.3, 0.4) is 0 Å². The number of ether oxygens (including phenoxy) is 1. The van der Waals surface area contributed by atoms with E-state index in [1.807, 2.05) is 31.2 Å². The molecule has 41 heavy (non-hydrogen) atoms. The summed E-state index contributed by atoms with van der Waals surface area (Å²) < 4.78 is 5.27. The molecule has 5 rings (SSSR count). The highest BCUT2D eigenvalue weighted by molar-refractivity contribution is 6.31. The first-order chi connectivity index (χ1) is 19.7. The van der Waals surface area contributed by atoms with Gasteiger partial charge in [0.05, 0.1) is 18.6 Å². The molecular formula is C30H36ClN5O5. The van der Waals surface area contributed by atoms with Gasteiger partial charge in [-0.05, 0) is 54.8 Å². The van der Waals surface area contributed by atoms with Gasteiger partial charge < -0.3 is 30.9 Å². The molecule has 4 N–H and O–H groups in total. The van der Waals surface area contributed by atoms with E-state index >= 15 is 0 Å². The van der Waals surface area contributed by atoms with E-state index in [4.69, 9.17) is 22.1 Å². The molecule has 0 unspecified atom stereocenters. The van der Waals surface area contributed by atoms with Crippen LogP contribution in [-0.4, -0.2) is 78.4 Å². The van der Waals surface area contributed by atoms with Crippen molar-refractivity contribution in [2.75, 3.05) is 38.2 Å². The van der Waals surface area contributed by atoms with E-state index in [1.165, 1.54) is 4.90 Å². The van der Waals surface area contributed by atoms with E-state index < -0.39 is 23.9 Å². The average molecular weight is 582 g/mol. The van der Waals surface area contributed by atoms with Crippen molar-refractivity contribution in [1.82, 2.24) is 15.1 Å². The zero-order valence-corrected chi connectivity index (χ0v) is 23.9. The number of halogens is 1. The fourth-order valence-corrected chi connectivity index (χ4v) is 5.82. The summed E-state index contributed by atoms with van der Waals surface area (Å²) in [6.45, 7) is 4.97. The van der Waals surface area contributed by atoms with Gasteiger partial charge in [0.25, 0.3) is 0 Å². The van der Waals surface area contributed by atoms with Crippen molar-refractivity contribution in [3.63, 3.8) is 0 Å². The van der Waals surface area contributed by atoms with Gasteiger partial charge in [0.1, 0.15) is 12.1 Å². The van der Waals surface area contributed by atoms with Crippen LogP contribution in [0.5, 0.6) is 0 Å². The van der Waals surface area contributed by atoms with Crippen LogP contribution in [-0.2, 0) is 36.9 Å². The Balaban J connectivity index is 1.25. The highest BCUT2D eigenvalue weighted by atomic mass is 35.5. The van der Waals surface area contributed by atoms with Crippen molar-refractivity contribution >= 4 is 40.9 Å². The summed E-state index contributed by atoms with van der Waals surface area (Å²) >= 11 is 6.10. The molecule has 2 aromatic carbocycles. The second kappa shape index (κ2) is 12.2. The fourth-order valence-electron chi connectivity index (χ4n) is 5.70. The van der Waals surface area contributed by atoms with Gasteiger partial charge in [0.2, 0.25) is 23.6 Å². The van der Waals surface area contributed by atoms with E-state index in [-0.39, 0.29) is 49.6 Å². The van der Waals surface area contributed by atoms with Crippen LogP contribution in [0, 0.1) is 12.3 Å². The Morgan fingerprint density at radius 1 is 1.07 bits per heavy atom. The molecule has 10 nitrogen and oxygen atoms in total. The van der Waals surface area contributed by atoms with Crippen LogP contribution in [0.4, 0.5) is 5.69 Å². The number of hydrogen-bond acceptors (Lipinski definition) is 6. The number of hydrogen-bond donors (Lipinski definition) is 3. The molecule has 11 heteroatoms. The number of benzene rings is 2. The number of fused-ring (bicyclic) bond motifs is 1. The van der Waals surface area contributed by atoms with E-state index in [2.05, 4.69) is 10.6 Å². The minimum atomic E-state index is -0.895. The van der Waals surface area contributed by atoms with Crippen molar-refractivity contribution in [3.05, 3.63) is 64.2 Å². The van der Waals surface area contributed by atoms with E-state index in [1.54, 1.807) is 23.1 Å². The SMILES string of the molecule is Cc1cc(NC(=O)[C@H](CCN)NC(=O)[C@@H]2Cc3ccccc3CN2C(=O)CCC(=O)N2CC3(COC3)C2)ccc1Cl. The fraction of sp³-hybridized carbons (Fsp3) is 0.467. The number of nitrogens with zero attached hydrogens (tertiary/aromatic N) is 2. The Bertz CT molecular complexity index is 1340. The Hall–Kier alpha value is -3.47. The van der Waals surface area contributed by atoms with Crippen molar-refractivity contribution in [2.24, 2.45) is 11.1 Å². The van der Waals surface area contributed by atoms with Crippen molar-refractivity contribution < 1.29 is 23.9 Å². The van der Waals surface area contributed by atoms with E-state index in [0.29, 0.717) is 43.4 Å². The van der Waals surface area contributed by atoms with Gasteiger partial charge in [-0.3, -0.25) is 19.2 Å². The van der Waals surface area contributed by atoms with Gasteiger partial charge in [0.15, 0.2) is 0 Å². The number of carbonyl (C=O) groups excluding carboxylic acids is 4. The normalized spacial score (nSPS) is 19.4. The summed E-state index contributed by atoms with van der Waals surface area (Å²) in [4.78, 5) is 56.2. The molecule has 0 aromatic heterocycles. The largest absolute Gasteiger partial charge is 0.380 e. The first-order valence-electron chi connectivity index (χ1n) is 14.0. The molecule has 3 heterocycles. The lowest BCUT2D eigenvalue weighted by molar-refractivity contribution is -0.195. The summed E-state index contributed by atoms with van der Waals surface area (Å²) in [5.41, 5.74) is 9.18. The molecule has 3 aliphatic rings. The Morgan fingerprint density at radius 2 is 1.78 bits per heavy atom. The van der Waals surface area contributed by atoms with Gasteiger partial charge in [-0.25, -0.2) is 0 Å². The zero-order valence-electron chi connectivity index (χ0n) is 23.2. The predicted molar refractivity (Wildman–Crippen MR) is 154 cm³/mol. The zero-order chi connectivity index (χ0) is 29.1. The average Bonchev–Trinajstić information content (AvgIpc) is 2.91. The van der Waals surface area contributed by atoms with Crippen LogP contribution in [0.25, 0.3) is 0 Å².